The van der Waals surface area contributed by atoms with Crippen LogP contribution in [0, 0.1) is 0 Å². The van der Waals surface area contributed by atoms with Gasteiger partial charge in [-0.3, -0.25) is 9.59 Å². The van der Waals surface area contributed by atoms with Crippen LogP contribution >= 0.6 is 0 Å². The predicted octanol–water partition coefficient (Wildman–Crippen LogP) is 0.767. The number of nitrogens with zero attached hydrogens (tertiary/aromatic N) is 2. The highest BCUT2D eigenvalue weighted by Gasteiger charge is 2.17. The quantitative estimate of drug-likeness (QED) is 0.857. The molecule has 5 nitrogen and oxygen atoms in total. The first-order valence-electron chi connectivity index (χ1n) is 6.36. The Kier molecular flexibility index (Phi) is 4.02. The van der Waals surface area contributed by atoms with Gasteiger partial charge in [-0.25, -0.2) is 0 Å². The Morgan fingerprint density at radius 1 is 1.33 bits per heavy atom. The van der Waals surface area contributed by atoms with E-state index >= 15 is 0 Å². The van der Waals surface area contributed by atoms with E-state index in [1.807, 2.05) is 24.2 Å². The van der Waals surface area contributed by atoms with Crippen molar-refractivity contribution in [3.8, 4) is 0 Å². The topological polar surface area (TPSA) is 54.3 Å². The fourth-order valence-corrected chi connectivity index (χ4v) is 2.20. The van der Waals surface area contributed by atoms with Crippen molar-refractivity contribution >= 4 is 11.8 Å². The van der Waals surface area contributed by atoms with E-state index in [0.29, 0.717) is 18.7 Å². The van der Waals surface area contributed by atoms with Gasteiger partial charge in [0.1, 0.15) is 5.69 Å². The summed E-state index contributed by atoms with van der Waals surface area (Å²) in [4.78, 5) is 25.4. The van der Waals surface area contributed by atoms with E-state index in [4.69, 9.17) is 0 Å². The summed E-state index contributed by atoms with van der Waals surface area (Å²) in [7, 11) is 1.82. The molecule has 18 heavy (non-hydrogen) atoms. The average molecular weight is 249 g/mol. The van der Waals surface area contributed by atoms with Crippen molar-refractivity contribution in [2.75, 3.05) is 19.6 Å². The zero-order valence-electron chi connectivity index (χ0n) is 10.7. The van der Waals surface area contributed by atoms with E-state index in [-0.39, 0.29) is 11.8 Å². The molecule has 1 aliphatic heterocycles. The summed E-state index contributed by atoms with van der Waals surface area (Å²) in [5, 5.41) is 2.77. The van der Waals surface area contributed by atoms with Crippen LogP contribution in [0.15, 0.2) is 18.3 Å². The molecule has 0 unspecified atom stereocenters. The van der Waals surface area contributed by atoms with Crippen LogP contribution in [0.3, 0.4) is 0 Å². The third kappa shape index (κ3) is 2.91. The first-order chi connectivity index (χ1) is 8.68. The Bertz CT molecular complexity index is 433. The summed E-state index contributed by atoms with van der Waals surface area (Å²) in [5.74, 6) is 0.0106. The third-order valence-electron chi connectivity index (χ3n) is 3.26. The third-order valence-corrected chi connectivity index (χ3v) is 3.26. The predicted molar refractivity (Wildman–Crippen MR) is 68.2 cm³/mol. The minimum atomic E-state index is -0.128. The summed E-state index contributed by atoms with van der Waals surface area (Å²) < 4.78 is 1.76. The van der Waals surface area contributed by atoms with Gasteiger partial charge in [-0.2, -0.15) is 0 Å². The first kappa shape index (κ1) is 12.7. The average Bonchev–Trinajstić information content (AvgIpc) is 2.99. The molecule has 2 rings (SSSR count). The molecule has 0 aliphatic carbocycles. The van der Waals surface area contributed by atoms with Crippen molar-refractivity contribution in [2.45, 2.75) is 19.3 Å². The number of carbonyl (C=O) groups excluding carboxylic acids is 2. The van der Waals surface area contributed by atoms with Gasteiger partial charge < -0.3 is 14.8 Å². The Labute approximate surface area is 107 Å². The molecule has 2 heterocycles. The minimum absolute atomic E-state index is 0.128. The van der Waals surface area contributed by atoms with Crippen LogP contribution in [0.25, 0.3) is 0 Å². The second-order valence-corrected chi connectivity index (χ2v) is 4.60. The number of likely N-dealkylation sites (tertiary alicyclic amines) is 1. The molecule has 1 N–H and O–H groups in total. The second-order valence-electron chi connectivity index (χ2n) is 4.60. The van der Waals surface area contributed by atoms with Crippen molar-refractivity contribution in [3.63, 3.8) is 0 Å². The van der Waals surface area contributed by atoms with Crippen molar-refractivity contribution in [2.24, 2.45) is 7.05 Å². The summed E-state index contributed by atoms with van der Waals surface area (Å²) in [5.41, 5.74) is 0.614. The Balaban J connectivity index is 1.73. The SMILES string of the molecule is Cn1cccc1C(=O)NCCC(=O)N1CCCC1. The van der Waals surface area contributed by atoms with E-state index in [1.165, 1.54) is 0 Å². The lowest BCUT2D eigenvalue weighted by Gasteiger charge is -2.15. The van der Waals surface area contributed by atoms with Gasteiger partial charge in [0.15, 0.2) is 0 Å². The monoisotopic (exact) mass is 249 g/mol. The fourth-order valence-electron chi connectivity index (χ4n) is 2.20. The van der Waals surface area contributed by atoms with Crippen LogP contribution in [0.2, 0.25) is 0 Å². The fraction of sp³-hybridized carbons (Fsp3) is 0.538. The Morgan fingerprint density at radius 2 is 2.06 bits per heavy atom. The van der Waals surface area contributed by atoms with Crippen LogP contribution in [-0.4, -0.2) is 40.9 Å². The second kappa shape index (κ2) is 5.71. The maximum absolute atomic E-state index is 11.8. The molecule has 0 aromatic carbocycles. The number of hydrogen-bond donors (Lipinski definition) is 1. The summed E-state index contributed by atoms with van der Waals surface area (Å²) >= 11 is 0. The van der Waals surface area contributed by atoms with Crippen molar-refractivity contribution in [1.29, 1.82) is 0 Å². The summed E-state index contributed by atoms with van der Waals surface area (Å²) in [6.07, 6.45) is 4.41. The number of aromatic nitrogens is 1. The zero-order valence-corrected chi connectivity index (χ0v) is 10.7. The van der Waals surface area contributed by atoms with Crippen molar-refractivity contribution < 1.29 is 9.59 Å². The summed E-state index contributed by atoms with van der Waals surface area (Å²) in [6.45, 7) is 2.13. The largest absolute Gasteiger partial charge is 0.350 e. The highest BCUT2D eigenvalue weighted by molar-refractivity contribution is 5.92. The van der Waals surface area contributed by atoms with E-state index < -0.39 is 0 Å². The van der Waals surface area contributed by atoms with Gasteiger partial charge in [-0.1, -0.05) is 0 Å². The van der Waals surface area contributed by atoms with Gasteiger partial charge in [-0.15, -0.1) is 0 Å². The number of carbonyl (C=O) groups is 2. The normalized spacial score (nSPS) is 14.8. The minimum Gasteiger partial charge on any atom is -0.350 e. The van der Waals surface area contributed by atoms with Gasteiger partial charge in [0.05, 0.1) is 0 Å². The number of nitrogens with one attached hydrogen (secondary N) is 1. The first-order valence-corrected chi connectivity index (χ1v) is 6.36. The number of aryl methyl sites for hydroxylation is 1. The lowest BCUT2D eigenvalue weighted by molar-refractivity contribution is -0.129. The van der Waals surface area contributed by atoms with E-state index in [1.54, 1.807) is 10.6 Å². The van der Waals surface area contributed by atoms with Crippen LogP contribution < -0.4 is 5.32 Å². The van der Waals surface area contributed by atoms with Gasteiger partial charge in [0.25, 0.3) is 5.91 Å². The number of rotatable bonds is 4. The number of amides is 2. The molecule has 0 bridgehead atoms. The standard InChI is InChI=1S/C13H19N3O2/c1-15-8-4-5-11(15)13(18)14-7-6-12(17)16-9-2-3-10-16/h4-5,8H,2-3,6-7,9-10H2,1H3,(H,14,18). The Hall–Kier alpha value is -1.78. The maximum atomic E-state index is 11.8. The molecule has 1 aromatic heterocycles. The molecule has 1 aliphatic rings. The molecule has 5 heteroatoms. The molecule has 0 spiro atoms. The lowest BCUT2D eigenvalue weighted by atomic mass is 10.3. The van der Waals surface area contributed by atoms with Crippen LogP contribution in [0.1, 0.15) is 29.8 Å². The molecule has 2 amide bonds. The van der Waals surface area contributed by atoms with Gasteiger partial charge in [0, 0.05) is 39.3 Å². The van der Waals surface area contributed by atoms with Crippen LogP contribution in [0.4, 0.5) is 0 Å². The summed E-state index contributed by atoms with van der Waals surface area (Å²) in [6, 6.07) is 3.59. The molecular weight excluding hydrogens is 230 g/mol. The molecular formula is C13H19N3O2. The smallest absolute Gasteiger partial charge is 0.267 e. The highest BCUT2D eigenvalue weighted by Crippen LogP contribution is 2.08. The highest BCUT2D eigenvalue weighted by atomic mass is 16.2. The Morgan fingerprint density at radius 3 is 2.67 bits per heavy atom. The van der Waals surface area contributed by atoms with E-state index in [9.17, 15) is 9.59 Å². The van der Waals surface area contributed by atoms with Crippen LogP contribution in [0.5, 0.6) is 0 Å². The van der Waals surface area contributed by atoms with Gasteiger partial charge in [-0.05, 0) is 25.0 Å². The van der Waals surface area contributed by atoms with E-state index in [2.05, 4.69) is 5.32 Å². The molecule has 0 atom stereocenters. The maximum Gasteiger partial charge on any atom is 0.267 e. The zero-order chi connectivity index (χ0) is 13.0. The van der Waals surface area contributed by atoms with Crippen LogP contribution in [-0.2, 0) is 11.8 Å². The lowest BCUT2D eigenvalue weighted by Crippen LogP contribution is -2.33. The van der Waals surface area contributed by atoms with Crippen molar-refractivity contribution in [3.05, 3.63) is 24.0 Å². The molecule has 98 valence electrons. The van der Waals surface area contributed by atoms with Gasteiger partial charge in [0.2, 0.25) is 5.91 Å². The molecule has 1 saturated heterocycles. The van der Waals surface area contributed by atoms with Crippen molar-refractivity contribution in [1.82, 2.24) is 14.8 Å². The number of hydrogen-bond acceptors (Lipinski definition) is 2. The molecule has 1 fully saturated rings. The molecule has 1 aromatic rings. The molecule has 0 saturated carbocycles. The van der Waals surface area contributed by atoms with Gasteiger partial charge >= 0.3 is 0 Å². The van der Waals surface area contributed by atoms with E-state index in [0.717, 1.165) is 25.9 Å². The molecule has 0 radical (unpaired) electrons.